The highest BCUT2D eigenvalue weighted by Gasteiger charge is 2.13. The molecule has 94 valence electrons. The zero-order valence-electron chi connectivity index (χ0n) is 10.4. The minimum atomic E-state index is -0.617. The summed E-state index contributed by atoms with van der Waals surface area (Å²) >= 11 is 3.41. The molecular weight excluding hydrogens is 292 g/mol. The highest BCUT2D eigenvalue weighted by Crippen LogP contribution is 2.28. The first-order chi connectivity index (χ1) is 8.61. The van der Waals surface area contributed by atoms with E-state index in [1.165, 1.54) is 0 Å². The Morgan fingerprint density at radius 3 is 2.56 bits per heavy atom. The molecular formula is C15H15BrO2. The van der Waals surface area contributed by atoms with Crippen molar-refractivity contribution in [2.24, 2.45) is 0 Å². The highest BCUT2D eigenvalue weighted by atomic mass is 79.9. The largest absolute Gasteiger partial charge is 0.497 e. The van der Waals surface area contributed by atoms with Crippen molar-refractivity contribution in [2.45, 2.75) is 13.0 Å². The number of aliphatic hydroxyl groups excluding tert-OH is 1. The quantitative estimate of drug-likeness (QED) is 0.933. The lowest BCUT2D eigenvalue weighted by Crippen LogP contribution is -2.02. The van der Waals surface area contributed by atoms with Crippen LogP contribution in [0.5, 0.6) is 5.75 Å². The summed E-state index contributed by atoms with van der Waals surface area (Å²) in [6, 6.07) is 13.4. The SMILES string of the molecule is COc1ccc(C(O)c2cccc(Br)c2)c(C)c1. The first-order valence-corrected chi connectivity index (χ1v) is 6.49. The van der Waals surface area contributed by atoms with Gasteiger partial charge in [-0.1, -0.05) is 34.1 Å². The van der Waals surface area contributed by atoms with E-state index in [0.717, 1.165) is 26.9 Å². The summed E-state index contributed by atoms with van der Waals surface area (Å²) < 4.78 is 6.13. The fourth-order valence-corrected chi connectivity index (χ4v) is 2.36. The molecule has 1 N–H and O–H groups in total. The van der Waals surface area contributed by atoms with Crippen LogP contribution in [0.3, 0.4) is 0 Å². The number of hydrogen-bond donors (Lipinski definition) is 1. The van der Waals surface area contributed by atoms with Gasteiger partial charge in [0.1, 0.15) is 11.9 Å². The third kappa shape index (κ3) is 2.74. The van der Waals surface area contributed by atoms with Crippen molar-refractivity contribution in [3.63, 3.8) is 0 Å². The molecule has 0 fully saturated rings. The average molecular weight is 307 g/mol. The van der Waals surface area contributed by atoms with E-state index in [4.69, 9.17) is 4.74 Å². The lowest BCUT2D eigenvalue weighted by Gasteiger charge is -2.15. The predicted octanol–water partition coefficient (Wildman–Crippen LogP) is 3.85. The lowest BCUT2D eigenvalue weighted by molar-refractivity contribution is 0.219. The maximum absolute atomic E-state index is 10.4. The number of rotatable bonds is 3. The van der Waals surface area contributed by atoms with Crippen LogP contribution in [0.1, 0.15) is 22.8 Å². The van der Waals surface area contributed by atoms with Gasteiger partial charge in [0, 0.05) is 4.47 Å². The van der Waals surface area contributed by atoms with Crippen LogP contribution in [-0.2, 0) is 0 Å². The topological polar surface area (TPSA) is 29.5 Å². The molecule has 2 aromatic rings. The summed E-state index contributed by atoms with van der Waals surface area (Å²) in [6.07, 6.45) is -0.617. The molecule has 0 aliphatic heterocycles. The number of aryl methyl sites for hydroxylation is 1. The summed E-state index contributed by atoms with van der Waals surface area (Å²) in [7, 11) is 1.64. The molecule has 0 amide bonds. The van der Waals surface area contributed by atoms with Crippen molar-refractivity contribution in [1.29, 1.82) is 0 Å². The van der Waals surface area contributed by atoms with Crippen LogP contribution in [0.25, 0.3) is 0 Å². The van der Waals surface area contributed by atoms with Gasteiger partial charge in [0.2, 0.25) is 0 Å². The first-order valence-electron chi connectivity index (χ1n) is 5.70. The van der Waals surface area contributed by atoms with Gasteiger partial charge in [0.05, 0.1) is 7.11 Å². The molecule has 0 aliphatic rings. The third-order valence-electron chi connectivity index (χ3n) is 2.94. The number of hydrogen-bond acceptors (Lipinski definition) is 2. The molecule has 0 heterocycles. The van der Waals surface area contributed by atoms with Gasteiger partial charge in [0.15, 0.2) is 0 Å². The molecule has 1 unspecified atom stereocenters. The van der Waals surface area contributed by atoms with Gasteiger partial charge in [-0.3, -0.25) is 0 Å². The van der Waals surface area contributed by atoms with Crippen LogP contribution in [0, 0.1) is 6.92 Å². The number of methoxy groups -OCH3 is 1. The second-order valence-electron chi connectivity index (χ2n) is 4.18. The van der Waals surface area contributed by atoms with Gasteiger partial charge < -0.3 is 9.84 Å². The Balaban J connectivity index is 2.37. The number of aliphatic hydroxyl groups is 1. The Labute approximate surface area is 115 Å². The molecule has 0 bridgehead atoms. The highest BCUT2D eigenvalue weighted by molar-refractivity contribution is 9.10. The van der Waals surface area contributed by atoms with Gasteiger partial charge in [-0.05, 0) is 47.9 Å². The van der Waals surface area contributed by atoms with Crippen LogP contribution in [0.2, 0.25) is 0 Å². The summed E-state index contributed by atoms with van der Waals surface area (Å²) in [4.78, 5) is 0. The molecule has 0 saturated heterocycles. The maximum atomic E-state index is 10.4. The number of ether oxygens (including phenoxy) is 1. The van der Waals surface area contributed by atoms with Gasteiger partial charge in [-0.2, -0.15) is 0 Å². The zero-order valence-corrected chi connectivity index (χ0v) is 11.9. The van der Waals surface area contributed by atoms with Crippen molar-refractivity contribution in [3.8, 4) is 5.75 Å². The van der Waals surface area contributed by atoms with Gasteiger partial charge in [-0.25, -0.2) is 0 Å². The summed E-state index contributed by atoms with van der Waals surface area (Å²) in [5.74, 6) is 0.803. The fraction of sp³-hybridized carbons (Fsp3) is 0.200. The molecule has 0 spiro atoms. The Morgan fingerprint density at radius 1 is 1.17 bits per heavy atom. The molecule has 2 nitrogen and oxygen atoms in total. The van der Waals surface area contributed by atoms with E-state index in [0.29, 0.717) is 0 Å². The Kier molecular flexibility index (Phi) is 4.04. The summed E-state index contributed by atoms with van der Waals surface area (Å²) in [5.41, 5.74) is 2.79. The third-order valence-corrected chi connectivity index (χ3v) is 3.43. The second-order valence-corrected chi connectivity index (χ2v) is 5.10. The standard InChI is InChI=1S/C15H15BrO2/c1-10-8-13(18-2)6-7-14(10)15(17)11-4-3-5-12(16)9-11/h3-9,15,17H,1-2H3. The van der Waals surface area contributed by atoms with Crippen molar-refractivity contribution in [3.05, 3.63) is 63.6 Å². The van der Waals surface area contributed by atoms with Crippen LogP contribution in [-0.4, -0.2) is 12.2 Å². The van der Waals surface area contributed by atoms with Crippen molar-refractivity contribution >= 4 is 15.9 Å². The van der Waals surface area contributed by atoms with E-state index in [9.17, 15) is 5.11 Å². The van der Waals surface area contributed by atoms with Gasteiger partial charge >= 0.3 is 0 Å². The van der Waals surface area contributed by atoms with Crippen LogP contribution in [0.4, 0.5) is 0 Å². The molecule has 0 aliphatic carbocycles. The Hall–Kier alpha value is -1.32. The number of halogens is 1. The van der Waals surface area contributed by atoms with E-state index in [1.54, 1.807) is 7.11 Å². The van der Waals surface area contributed by atoms with E-state index in [-0.39, 0.29) is 0 Å². The maximum Gasteiger partial charge on any atom is 0.119 e. The van der Waals surface area contributed by atoms with Crippen LogP contribution < -0.4 is 4.74 Å². The fourth-order valence-electron chi connectivity index (χ4n) is 1.94. The Morgan fingerprint density at radius 2 is 1.94 bits per heavy atom. The van der Waals surface area contributed by atoms with Gasteiger partial charge in [0.25, 0.3) is 0 Å². The molecule has 0 saturated carbocycles. The van der Waals surface area contributed by atoms with Crippen molar-refractivity contribution in [1.82, 2.24) is 0 Å². The zero-order chi connectivity index (χ0) is 13.1. The van der Waals surface area contributed by atoms with E-state index in [2.05, 4.69) is 15.9 Å². The minimum absolute atomic E-state index is 0.617. The lowest BCUT2D eigenvalue weighted by atomic mass is 9.97. The molecule has 3 heteroatoms. The number of benzene rings is 2. The predicted molar refractivity (Wildman–Crippen MR) is 75.9 cm³/mol. The van der Waals surface area contributed by atoms with Crippen LogP contribution in [0.15, 0.2) is 46.9 Å². The van der Waals surface area contributed by atoms with Crippen molar-refractivity contribution in [2.75, 3.05) is 7.11 Å². The molecule has 0 aromatic heterocycles. The summed E-state index contributed by atoms with van der Waals surface area (Å²) in [6.45, 7) is 1.97. The van der Waals surface area contributed by atoms with Gasteiger partial charge in [-0.15, -0.1) is 0 Å². The van der Waals surface area contributed by atoms with Crippen molar-refractivity contribution < 1.29 is 9.84 Å². The van der Waals surface area contributed by atoms with Crippen LogP contribution >= 0.6 is 15.9 Å². The smallest absolute Gasteiger partial charge is 0.119 e. The normalized spacial score (nSPS) is 12.2. The molecule has 18 heavy (non-hydrogen) atoms. The Bertz CT molecular complexity index is 552. The average Bonchev–Trinajstić information content (AvgIpc) is 2.37. The molecule has 2 aromatic carbocycles. The molecule has 0 radical (unpaired) electrons. The minimum Gasteiger partial charge on any atom is -0.497 e. The monoisotopic (exact) mass is 306 g/mol. The molecule has 1 atom stereocenters. The second kappa shape index (κ2) is 5.55. The first kappa shape index (κ1) is 13.1. The molecule has 2 rings (SSSR count). The summed E-state index contributed by atoms with van der Waals surface area (Å²) in [5, 5.41) is 10.4. The van der Waals surface area contributed by atoms with E-state index in [1.807, 2.05) is 49.4 Å². The van der Waals surface area contributed by atoms with E-state index < -0.39 is 6.10 Å². The van der Waals surface area contributed by atoms with E-state index >= 15 is 0 Å².